The van der Waals surface area contributed by atoms with E-state index in [1.807, 2.05) is 0 Å². The van der Waals surface area contributed by atoms with Gasteiger partial charge < -0.3 is 15.9 Å². The number of phenols is 1. The molecular weight excluding hydrogens is 321 g/mol. The van der Waals surface area contributed by atoms with E-state index in [-0.39, 0.29) is 29.3 Å². The van der Waals surface area contributed by atoms with Gasteiger partial charge in [0.1, 0.15) is 11.9 Å². The minimum Gasteiger partial charge on any atom is -0.505 e. The first-order chi connectivity index (χ1) is 9.70. The lowest BCUT2D eigenvalue weighted by atomic mass is 9.84. The molecule has 0 spiro atoms. The zero-order chi connectivity index (χ0) is 15.8. The standard InChI is InChI=1S/C17H20ClNO2.ClH/c1-17(2,3)11-8-13(16(21)14(19)9-11)15(20)10-4-6-12(18)7-5-10;/h4-9,15,20-21H,19H2,1-3H3;1H. The molecule has 0 heterocycles. The lowest BCUT2D eigenvalue weighted by Gasteiger charge is -2.23. The molecule has 0 radical (unpaired) electrons. The Balaban J connectivity index is 0.00000242. The van der Waals surface area contributed by atoms with E-state index in [1.54, 1.807) is 36.4 Å². The molecular formula is C17H21Cl2NO2. The summed E-state index contributed by atoms with van der Waals surface area (Å²) >= 11 is 5.85. The fraction of sp³-hybridized carbons (Fsp3) is 0.294. The highest BCUT2D eigenvalue weighted by Gasteiger charge is 2.22. The van der Waals surface area contributed by atoms with Gasteiger partial charge in [0, 0.05) is 10.6 Å². The molecule has 0 amide bonds. The number of aromatic hydroxyl groups is 1. The fourth-order valence-electron chi connectivity index (χ4n) is 2.15. The monoisotopic (exact) mass is 341 g/mol. The zero-order valence-electron chi connectivity index (χ0n) is 12.8. The number of aliphatic hydroxyl groups is 1. The molecule has 1 unspecified atom stereocenters. The molecule has 0 aliphatic heterocycles. The van der Waals surface area contributed by atoms with Crippen LogP contribution < -0.4 is 5.73 Å². The van der Waals surface area contributed by atoms with Crippen LogP contribution in [0.1, 0.15) is 43.6 Å². The number of rotatable bonds is 2. The zero-order valence-corrected chi connectivity index (χ0v) is 14.4. The normalized spacial score (nSPS) is 12.6. The number of nitrogens with two attached hydrogens (primary N) is 1. The molecule has 22 heavy (non-hydrogen) atoms. The van der Waals surface area contributed by atoms with E-state index < -0.39 is 6.10 Å². The van der Waals surface area contributed by atoms with Crippen molar-refractivity contribution in [2.24, 2.45) is 0 Å². The molecule has 0 bridgehead atoms. The van der Waals surface area contributed by atoms with Gasteiger partial charge in [0.15, 0.2) is 0 Å². The van der Waals surface area contributed by atoms with Gasteiger partial charge in [-0.15, -0.1) is 12.4 Å². The lowest BCUT2D eigenvalue weighted by Crippen LogP contribution is -2.13. The SMILES string of the molecule is CC(C)(C)c1cc(N)c(O)c(C(O)c2ccc(Cl)cc2)c1.Cl. The highest BCUT2D eigenvalue weighted by Crippen LogP contribution is 2.38. The van der Waals surface area contributed by atoms with E-state index in [0.29, 0.717) is 16.1 Å². The van der Waals surface area contributed by atoms with E-state index in [9.17, 15) is 10.2 Å². The number of hydrogen-bond donors (Lipinski definition) is 3. The van der Waals surface area contributed by atoms with E-state index in [1.165, 1.54) is 0 Å². The first-order valence-electron chi connectivity index (χ1n) is 6.76. The summed E-state index contributed by atoms with van der Waals surface area (Å²) in [7, 11) is 0. The van der Waals surface area contributed by atoms with Crippen molar-refractivity contribution in [3.8, 4) is 5.75 Å². The summed E-state index contributed by atoms with van der Waals surface area (Å²) in [5, 5.41) is 21.3. The number of halogens is 2. The maximum atomic E-state index is 10.5. The molecule has 0 saturated carbocycles. The van der Waals surface area contributed by atoms with Crippen molar-refractivity contribution in [2.75, 3.05) is 5.73 Å². The molecule has 2 aromatic carbocycles. The van der Waals surface area contributed by atoms with Crippen LogP contribution in [-0.2, 0) is 5.41 Å². The van der Waals surface area contributed by atoms with Crippen molar-refractivity contribution in [3.63, 3.8) is 0 Å². The molecule has 3 nitrogen and oxygen atoms in total. The van der Waals surface area contributed by atoms with Crippen LogP contribution in [0, 0.1) is 0 Å². The Hall–Kier alpha value is -1.42. The molecule has 0 aromatic heterocycles. The quantitative estimate of drug-likeness (QED) is 0.559. The fourth-order valence-corrected chi connectivity index (χ4v) is 2.27. The second-order valence-corrected chi connectivity index (χ2v) is 6.64. The largest absolute Gasteiger partial charge is 0.505 e. The smallest absolute Gasteiger partial charge is 0.144 e. The number of aliphatic hydroxyl groups excluding tert-OH is 1. The Kier molecular flexibility index (Phi) is 5.74. The van der Waals surface area contributed by atoms with Crippen molar-refractivity contribution in [1.82, 2.24) is 0 Å². The van der Waals surface area contributed by atoms with Gasteiger partial charge in [-0.05, 0) is 40.8 Å². The van der Waals surface area contributed by atoms with Crippen molar-refractivity contribution < 1.29 is 10.2 Å². The van der Waals surface area contributed by atoms with Gasteiger partial charge in [0.25, 0.3) is 0 Å². The van der Waals surface area contributed by atoms with Crippen LogP contribution in [-0.4, -0.2) is 10.2 Å². The minimum atomic E-state index is -0.952. The first-order valence-corrected chi connectivity index (χ1v) is 7.14. The van der Waals surface area contributed by atoms with E-state index in [0.717, 1.165) is 5.56 Å². The predicted molar refractivity (Wildman–Crippen MR) is 94.0 cm³/mol. The maximum absolute atomic E-state index is 10.5. The Bertz CT molecular complexity index is 649. The Morgan fingerprint density at radius 3 is 2.14 bits per heavy atom. The van der Waals surface area contributed by atoms with Gasteiger partial charge in [0.2, 0.25) is 0 Å². The summed E-state index contributed by atoms with van der Waals surface area (Å²) in [5.41, 5.74) is 8.03. The molecule has 5 heteroatoms. The van der Waals surface area contributed by atoms with Crippen LogP contribution in [0.15, 0.2) is 36.4 Å². The van der Waals surface area contributed by atoms with Gasteiger partial charge in [-0.2, -0.15) is 0 Å². The topological polar surface area (TPSA) is 66.5 Å². The van der Waals surface area contributed by atoms with E-state index >= 15 is 0 Å². The Morgan fingerprint density at radius 2 is 1.64 bits per heavy atom. The van der Waals surface area contributed by atoms with Crippen molar-refractivity contribution in [2.45, 2.75) is 32.3 Å². The highest BCUT2D eigenvalue weighted by molar-refractivity contribution is 6.30. The molecule has 120 valence electrons. The van der Waals surface area contributed by atoms with Gasteiger partial charge in [0.05, 0.1) is 5.69 Å². The summed E-state index contributed by atoms with van der Waals surface area (Å²) in [4.78, 5) is 0. The predicted octanol–water partition coefficient (Wildman–Crippen LogP) is 4.43. The van der Waals surface area contributed by atoms with Crippen LogP contribution in [0.2, 0.25) is 5.02 Å². The first kappa shape index (κ1) is 18.6. The van der Waals surface area contributed by atoms with Crippen LogP contribution in [0.5, 0.6) is 5.75 Å². The van der Waals surface area contributed by atoms with E-state index in [4.69, 9.17) is 17.3 Å². The molecule has 0 fully saturated rings. The average Bonchev–Trinajstić information content (AvgIpc) is 2.40. The molecule has 0 aliphatic carbocycles. The van der Waals surface area contributed by atoms with Gasteiger partial charge in [-0.25, -0.2) is 0 Å². The molecule has 0 aliphatic rings. The molecule has 0 saturated heterocycles. The summed E-state index contributed by atoms with van der Waals surface area (Å²) < 4.78 is 0. The number of nitrogen functional groups attached to an aromatic ring is 1. The van der Waals surface area contributed by atoms with Crippen LogP contribution in [0.25, 0.3) is 0 Å². The maximum Gasteiger partial charge on any atom is 0.144 e. The van der Waals surface area contributed by atoms with Crippen LogP contribution >= 0.6 is 24.0 Å². The lowest BCUT2D eigenvalue weighted by molar-refractivity contribution is 0.215. The third-order valence-electron chi connectivity index (χ3n) is 3.52. The summed E-state index contributed by atoms with van der Waals surface area (Å²) in [6.07, 6.45) is -0.952. The third kappa shape index (κ3) is 3.86. The van der Waals surface area contributed by atoms with Crippen molar-refractivity contribution in [3.05, 3.63) is 58.1 Å². The molecule has 1 atom stereocenters. The van der Waals surface area contributed by atoms with Crippen LogP contribution in [0.4, 0.5) is 5.69 Å². The average molecular weight is 342 g/mol. The van der Waals surface area contributed by atoms with Gasteiger partial charge in [-0.3, -0.25) is 0 Å². The molecule has 4 N–H and O–H groups in total. The third-order valence-corrected chi connectivity index (χ3v) is 3.77. The van der Waals surface area contributed by atoms with Crippen molar-refractivity contribution in [1.29, 1.82) is 0 Å². The Morgan fingerprint density at radius 1 is 1.09 bits per heavy atom. The second-order valence-electron chi connectivity index (χ2n) is 6.21. The highest BCUT2D eigenvalue weighted by atomic mass is 35.5. The minimum absolute atomic E-state index is 0. The number of anilines is 1. The number of hydrogen-bond acceptors (Lipinski definition) is 3. The van der Waals surface area contributed by atoms with Crippen LogP contribution in [0.3, 0.4) is 0 Å². The number of phenolic OH excluding ortho intramolecular Hbond substituents is 1. The van der Waals surface area contributed by atoms with Crippen molar-refractivity contribution >= 4 is 29.7 Å². The van der Waals surface area contributed by atoms with Gasteiger partial charge in [-0.1, -0.05) is 44.5 Å². The summed E-state index contributed by atoms with van der Waals surface area (Å²) in [5.74, 6) is -0.0783. The number of benzene rings is 2. The second kappa shape index (κ2) is 6.78. The molecule has 2 rings (SSSR count). The molecule has 2 aromatic rings. The van der Waals surface area contributed by atoms with E-state index in [2.05, 4.69) is 20.8 Å². The summed E-state index contributed by atoms with van der Waals surface area (Å²) in [6, 6.07) is 10.4. The summed E-state index contributed by atoms with van der Waals surface area (Å²) in [6.45, 7) is 6.16. The van der Waals surface area contributed by atoms with Gasteiger partial charge >= 0.3 is 0 Å². The Labute approximate surface area is 142 Å².